The van der Waals surface area contributed by atoms with Gasteiger partial charge in [-0.15, -0.1) is 0 Å². The molecule has 0 bridgehead atoms. The largest absolute Gasteiger partial charge is 0.481 e. The van der Waals surface area contributed by atoms with Crippen LogP contribution in [-0.2, 0) is 14.3 Å². The van der Waals surface area contributed by atoms with Crippen LogP contribution in [0.1, 0.15) is 33.1 Å². The molecule has 3 atom stereocenters. The molecule has 1 rings (SSSR count). The minimum Gasteiger partial charge on any atom is -0.481 e. The molecule has 5 nitrogen and oxygen atoms in total. The van der Waals surface area contributed by atoms with E-state index in [1.54, 1.807) is 0 Å². The quantitative estimate of drug-likeness (QED) is 0.756. The second-order valence-electron chi connectivity index (χ2n) is 4.85. The highest BCUT2D eigenvalue weighted by Gasteiger charge is 2.25. The molecule has 1 fully saturated rings. The summed E-state index contributed by atoms with van der Waals surface area (Å²) in [6, 6.07) is 0. The molecular formula is C12H21NO4. The molecule has 1 aliphatic rings. The Kier molecular flexibility index (Phi) is 5.41. The van der Waals surface area contributed by atoms with Crippen molar-refractivity contribution in [1.29, 1.82) is 0 Å². The van der Waals surface area contributed by atoms with Crippen LogP contribution in [0.3, 0.4) is 0 Å². The van der Waals surface area contributed by atoms with Crippen LogP contribution in [-0.4, -0.2) is 36.2 Å². The third-order valence-electron chi connectivity index (χ3n) is 3.00. The van der Waals surface area contributed by atoms with E-state index in [4.69, 9.17) is 9.84 Å². The Morgan fingerprint density at radius 2 is 2.24 bits per heavy atom. The van der Waals surface area contributed by atoms with Crippen molar-refractivity contribution in [2.75, 3.05) is 13.2 Å². The zero-order chi connectivity index (χ0) is 12.8. The van der Waals surface area contributed by atoms with Gasteiger partial charge in [0.15, 0.2) is 0 Å². The summed E-state index contributed by atoms with van der Waals surface area (Å²) >= 11 is 0. The van der Waals surface area contributed by atoms with Crippen molar-refractivity contribution >= 4 is 11.9 Å². The van der Waals surface area contributed by atoms with E-state index >= 15 is 0 Å². The SMILES string of the molecule is CC(CNC(=O)C1CCOC(C)C1)CC(=O)O. The van der Waals surface area contributed by atoms with E-state index in [1.165, 1.54) is 0 Å². The predicted octanol–water partition coefficient (Wildman–Crippen LogP) is 1.03. The lowest BCUT2D eigenvalue weighted by molar-refractivity contribution is -0.138. The summed E-state index contributed by atoms with van der Waals surface area (Å²) in [5, 5.41) is 11.4. The molecule has 2 N–H and O–H groups in total. The Morgan fingerprint density at radius 3 is 2.82 bits per heavy atom. The maximum Gasteiger partial charge on any atom is 0.303 e. The van der Waals surface area contributed by atoms with Crippen LogP contribution in [0.4, 0.5) is 0 Å². The molecule has 98 valence electrons. The van der Waals surface area contributed by atoms with Gasteiger partial charge in [-0.05, 0) is 25.7 Å². The summed E-state index contributed by atoms with van der Waals surface area (Å²) in [5.41, 5.74) is 0. The van der Waals surface area contributed by atoms with E-state index in [1.807, 2.05) is 13.8 Å². The van der Waals surface area contributed by atoms with Gasteiger partial charge in [0.2, 0.25) is 5.91 Å². The first kappa shape index (κ1) is 14.0. The van der Waals surface area contributed by atoms with Crippen LogP contribution in [0.5, 0.6) is 0 Å². The number of carbonyl (C=O) groups is 2. The highest BCUT2D eigenvalue weighted by Crippen LogP contribution is 2.19. The van der Waals surface area contributed by atoms with Crippen molar-refractivity contribution in [3.8, 4) is 0 Å². The molecule has 0 radical (unpaired) electrons. The number of carbonyl (C=O) groups excluding carboxylic acids is 1. The Bertz CT molecular complexity index is 280. The summed E-state index contributed by atoms with van der Waals surface area (Å²) in [7, 11) is 0. The van der Waals surface area contributed by atoms with Crippen LogP contribution >= 0.6 is 0 Å². The lowest BCUT2D eigenvalue weighted by Gasteiger charge is -2.26. The summed E-state index contributed by atoms with van der Waals surface area (Å²) in [4.78, 5) is 22.3. The number of ether oxygens (including phenoxy) is 1. The topological polar surface area (TPSA) is 75.6 Å². The average Bonchev–Trinajstić information content (AvgIpc) is 2.25. The van der Waals surface area contributed by atoms with Gasteiger partial charge >= 0.3 is 5.97 Å². The lowest BCUT2D eigenvalue weighted by atomic mass is 9.95. The number of carboxylic acid groups (broad SMARTS) is 1. The molecule has 0 saturated carbocycles. The molecule has 1 amide bonds. The van der Waals surface area contributed by atoms with Gasteiger partial charge in [-0.2, -0.15) is 0 Å². The van der Waals surface area contributed by atoms with Crippen LogP contribution < -0.4 is 5.32 Å². The lowest BCUT2D eigenvalue weighted by Crippen LogP contribution is -2.38. The number of carboxylic acids is 1. The van der Waals surface area contributed by atoms with Crippen molar-refractivity contribution in [2.45, 2.75) is 39.2 Å². The summed E-state index contributed by atoms with van der Waals surface area (Å²) < 4.78 is 5.38. The maximum atomic E-state index is 11.8. The van der Waals surface area contributed by atoms with E-state index < -0.39 is 5.97 Å². The molecule has 17 heavy (non-hydrogen) atoms. The first-order chi connectivity index (χ1) is 7.99. The van der Waals surface area contributed by atoms with Gasteiger partial charge in [-0.3, -0.25) is 9.59 Å². The second-order valence-corrected chi connectivity index (χ2v) is 4.85. The summed E-state index contributed by atoms with van der Waals surface area (Å²) in [6.07, 6.45) is 1.73. The highest BCUT2D eigenvalue weighted by atomic mass is 16.5. The third kappa shape index (κ3) is 5.17. The van der Waals surface area contributed by atoms with Gasteiger partial charge < -0.3 is 15.2 Å². The average molecular weight is 243 g/mol. The van der Waals surface area contributed by atoms with E-state index in [0.29, 0.717) is 13.2 Å². The molecule has 0 aromatic rings. The molecule has 5 heteroatoms. The van der Waals surface area contributed by atoms with Crippen molar-refractivity contribution in [3.63, 3.8) is 0 Å². The van der Waals surface area contributed by atoms with Gasteiger partial charge in [0.1, 0.15) is 0 Å². The van der Waals surface area contributed by atoms with Crippen molar-refractivity contribution < 1.29 is 19.4 Å². The zero-order valence-corrected chi connectivity index (χ0v) is 10.4. The summed E-state index contributed by atoms with van der Waals surface area (Å²) in [5.74, 6) is -0.826. The molecule has 1 heterocycles. The van der Waals surface area contributed by atoms with Crippen molar-refractivity contribution in [3.05, 3.63) is 0 Å². The van der Waals surface area contributed by atoms with Gasteiger partial charge in [-0.25, -0.2) is 0 Å². The van der Waals surface area contributed by atoms with Crippen molar-refractivity contribution in [1.82, 2.24) is 5.32 Å². The monoisotopic (exact) mass is 243 g/mol. The first-order valence-corrected chi connectivity index (χ1v) is 6.10. The third-order valence-corrected chi connectivity index (χ3v) is 3.00. The first-order valence-electron chi connectivity index (χ1n) is 6.10. The number of hydrogen-bond acceptors (Lipinski definition) is 3. The second kappa shape index (κ2) is 6.59. The van der Waals surface area contributed by atoms with E-state index in [2.05, 4.69) is 5.32 Å². The molecule has 1 aliphatic heterocycles. The number of aliphatic carboxylic acids is 1. The van der Waals surface area contributed by atoms with Gasteiger partial charge in [-0.1, -0.05) is 6.92 Å². The van der Waals surface area contributed by atoms with Crippen LogP contribution in [0.2, 0.25) is 0 Å². The fourth-order valence-electron chi connectivity index (χ4n) is 2.03. The number of rotatable bonds is 5. The van der Waals surface area contributed by atoms with Crippen LogP contribution in [0.15, 0.2) is 0 Å². The van der Waals surface area contributed by atoms with Gasteiger partial charge in [0.05, 0.1) is 6.10 Å². The molecular weight excluding hydrogens is 222 g/mol. The Hall–Kier alpha value is -1.10. The Labute approximate surface area is 102 Å². The fraction of sp³-hybridized carbons (Fsp3) is 0.833. The highest BCUT2D eigenvalue weighted by molar-refractivity contribution is 5.78. The molecule has 0 aromatic heterocycles. The minimum atomic E-state index is -0.827. The standard InChI is InChI=1S/C12H21NO4/c1-8(5-11(14)15)7-13-12(16)10-3-4-17-9(2)6-10/h8-10H,3-7H2,1-2H3,(H,13,16)(H,14,15). The summed E-state index contributed by atoms with van der Waals surface area (Å²) in [6.45, 7) is 4.84. The van der Waals surface area contributed by atoms with E-state index in [-0.39, 0.29) is 30.3 Å². The van der Waals surface area contributed by atoms with E-state index in [0.717, 1.165) is 12.8 Å². The number of amides is 1. The minimum absolute atomic E-state index is 0.00998. The molecule has 0 aliphatic carbocycles. The zero-order valence-electron chi connectivity index (χ0n) is 10.4. The molecule has 3 unspecified atom stereocenters. The smallest absolute Gasteiger partial charge is 0.303 e. The number of nitrogens with one attached hydrogen (secondary N) is 1. The van der Waals surface area contributed by atoms with E-state index in [9.17, 15) is 9.59 Å². The maximum absolute atomic E-state index is 11.8. The Balaban J connectivity index is 2.26. The fourth-order valence-corrected chi connectivity index (χ4v) is 2.03. The van der Waals surface area contributed by atoms with Crippen LogP contribution in [0, 0.1) is 11.8 Å². The van der Waals surface area contributed by atoms with Gasteiger partial charge in [0.25, 0.3) is 0 Å². The van der Waals surface area contributed by atoms with Gasteiger partial charge in [0, 0.05) is 25.5 Å². The van der Waals surface area contributed by atoms with Crippen LogP contribution in [0.25, 0.3) is 0 Å². The molecule has 0 aromatic carbocycles. The molecule has 0 spiro atoms. The Morgan fingerprint density at radius 1 is 1.53 bits per heavy atom. The predicted molar refractivity (Wildman–Crippen MR) is 62.6 cm³/mol. The number of hydrogen-bond donors (Lipinski definition) is 2. The normalized spacial score (nSPS) is 26.2. The van der Waals surface area contributed by atoms with Crippen molar-refractivity contribution in [2.24, 2.45) is 11.8 Å². The molecule has 1 saturated heterocycles.